The lowest BCUT2D eigenvalue weighted by molar-refractivity contribution is -0.177. The molecule has 0 aliphatic carbocycles. The second kappa shape index (κ2) is 4.79. The fourth-order valence-electron chi connectivity index (χ4n) is 2.74. The van der Waals surface area contributed by atoms with E-state index < -0.39 is 6.10 Å². The van der Waals surface area contributed by atoms with Crippen molar-refractivity contribution in [1.82, 2.24) is 4.90 Å². The summed E-state index contributed by atoms with van der Waals surface area (Å²) in [6.45, 7) is 3.06. The third-order valence-corrected chi connectivity index (χ3v) is 3.86. The maximum absolute atomic E-state index is 11.8. The van der Waals surface area contributed by atoms with E-state index in [-0.39, 0.29) is 18.1 Å². The number of hydrogen-bond acceptors (Lipinski definition) is 3. The lowest BCUT2D eigenvalue weighted by Gasteiger charge is -2.47. The summed E-state index contributed by atoms with van der Waals surface area (Å²) in [7, 11) is 0. The molecule has 0 unspecified atom stereocenters. The Morgan fingerprint density at radius 3 is 2.74 bits per heavy atom. The van der Waals surface area contributed by atoms with Crippen LogP contribution >= 0.6 is 0 Å². The van der Waals surface area contributed by atoms with Crippen LogP contribution < -0.4 is 0 Å². The van der Waals surface area contributed by atoms with Crippen LogP contribution in [0, 0.1) is 0 Å². The summed E-state index contributed by atoms with van der Waals surface area (Å²) in [5.41, 5.74) is 2.15. The van der Waals surface area contributed by atoms with E-state index in [2.05, 4.69) is 0 Å². The fourth-order valence-corrected chi connectivity index (χ4v) is 2.74. The van der Waals surface area contributed by atoms with E-state index >= 15 is 0 Å². The van der Waals surface area contributed by atoms with Gasteiger partial charge in [-0.05, 0) is 18.1 Å². The molecule has 2 aliphatic heterocycles. The van der Waals surface area contributed by atoms with Crippen molar-refractivity contribution in [3.05, 3.63) is 47.5 Å². The molecule has 1 saturated heterocycles. The highest BCUT2D eigenvalue weighted by molar-refractivity contribution is 5.88. The first-order chi connectivity index (χ1) is 9.18. The van der Waals surface area contributed by atoms with Gasteiger partial charge in [0.1, 0.15) is 6.10 Å². The molecule has 0 radical (unpaired) electrons. The van der Waals surface area contributed by atoms with Crippen LogP contribution in [0.1, 0.15) is 12.5 Å². The van der Waals surface area contributed by atoms with Gasteiger partial charge in [-0.25, -0.2) is 0 Å². The molecule has 0 spiro atoms. The topological polar surface area (TPSA) is 49.8 Å². The average Bonchev–Trinajstić information content (AvgIpc) is 2.85. The Morgan fingerprint density at radius 2 is 2.11 bits per heavy atom. The van der Waals surface area contributed by atoms with E-state index in [1.807, 2.05) is 43.3 Å². The number of aliphatic hydroxyl groups is 1. The van der Waals surface area contributed by atoms with Crippen molar-refractivity contribution in [2.24, 2.45) is 0 Å². The second-order valence-electron chi connectivity index (χ2n) is 5.09. The molecule has 0 aromatic heterocycles. The molecule has 1 aromatic carbocycles. The van der Waals surface area contributed by atoms with Crippen LogP contribution in [0.5, 0.6) is 0 Å². The molecule has 2 aliphatic rings. The summed E-state index contributed by atoms with van der Waals surface area (Å²) in [6, 6.07) is 9.54. The molecule has 1 aromatic rings. The van der Waals surface area contributed by atoms with E-state index in [9.17, 15) is 9.90 Å². The lowest BCUT2D eigenvalue weighted by Crippen LogP contribution is -2.68. The Balaban J connectivity index is 1.76. The molecule has 0 bridgehead atoms. The number of nitrogens with zero attached hydrogens (tertiary/aromatic N) is 1. The summed E-state index contributed by atoms with van der Waals surface area (Å²) in [6.07, 6.45) is 0.896. The molecule has 2 heterocycles. The normalized spacial score (nSPS) is 30.2. The van der Waals surface area contributed by atoms with Gasteiger partial charge >= 0.3 is 0 Å². The first-order valence-electron chi connectivity index (χ1n) is 6.49. The Bertz CT molecular complexity index is 511. The summed E-state index contributed by atoms with van der Waals surface area (Å²) in [4.78, 5) is 13.5. The van der Waals surface area contributed by atoms with Crippen LogP contribution in [0.25, 0.3) is 0 Å². The maximum atomic E-state index is 11.8. The van der Waals surface area contributed by atoms with Gasteiger partial charge in [0.25, 0.3) is 5.91 Å². The van der Waals surface area contributed by atoms with Gasteiger partial charge in [0, 0.05) is 6.54 Å². The predicted molar refractivity (Wildman–Crippen MR) is 70.3 cm³/mol. The van der Waals surface area contributed by atoms with Gasteiger partial charge in [-0.15, -0.1) is 0 Å². The zero-order valence-corrected chi connectivity index (χ0v) is 10.8. The van der Waals surface area contributed by atoms with E-state index in [1.54, 1.807) is 4.90 Å². The van der Waals surface area contributed by atoms with Crippen molar-refractivity contribution in [1.29, 1.82) is 0 Å². The Hall–Kier alpha value is -1.65. The van der Waals surface area contributed by atoms with Gasteiger partial charge in [-0.2, -0.15) is 0 Å². The highest BCUT2D eigenvalue weighted by Crippen LogP contribution is 2.32. The van der Waals surface area contributed by atoms with Crippen LogP contribution in [0.2, 0.25) is 0 Å². The number of likely N-dealkylation sites (tertiary alicyclic amines) is 1. The van der Waals surface area contributed by atoms with Crippen LogP contribution in [0.15, 0.2) is 42.0 Å². The van der Waals surface area contributed by atoms with Crippen LogP contribution in [0.3, 0.4) is 0 Å². The highest BCUT2D eigenvalue weighted by Gasteiger charge is 2.51. The lowest BCUT2D eigenvalue weighted by atomic mass is 9.89. The smallest absolute Gasteiger partial charge is 0.254 e. The van der Waals surface area contributed by atoms with E-state index in [1.165, 1.54) is 0 Å². The molecule has 19 heavy (non-hydrogen) atoms. The Morgan fingerprint density at radius 1 is 1.37 bits per heavy atom. The number of β-lactam (4-membered cyclic amide) rings is 1. The summed E-state index contributed by atoms with van der Waals surface area (Å²) >= 11 is 0. The molecule has 0 saturated carbocycles. The molecule has 1 fully saturated rings. The fraction of sp³-hybridized carbons (Fsp3) is 0.400. The van der Waals surface area contributed by atoms with Gasteiger partial charge in [-0.1, -0.05) is 36.4 Å². The predicted octanol–water partition coefficient (Wildman–Crippen LogP) is 1.10. The number of amides is 1. The summed E-state index contributed by atoms with van der Waals surface area (Å²) in [5, 5.41) is 9.90. The number of benzene rings is 1. The van der Waals surface area contributed by atoms with Crippen molar-refractivity contribution in [2.45, 2.75) is 31.7 Å². The number of ether oxygens (including phenoxy) is 1. The third-order valence-electron chi connectivity index (χ3n) is 3.86. The first-order valence-corrected chi connectivity index (χ1v) is 6.49. The van der Waals surface area contributed by atoms with Crippen LogP contribution in [0.4, 0.5) is 0 Å². The van der Waals surface area contributed by atoms with Crippen molar-refractivity contribution in [2.75, 3.05) is 6.61 Å². The quantitative estimate of drug-likeness (QED) is 0.653. The summed E-state index contributed by atoms with van der Waals surface area (Å²) < 4.78 is 5.61. The van der Waals surface area contributed by atoms with Gasteiger partial charge in [0.15, 0.2) is 6.10 Å². The van der Waals surface area contributed by atoms with Crippen LogP contribution in [-0.4, -0.2) is 40.8 Å². The third kappa shape index (κ3) is 2.07. The molecular formula is C15H17NO3. The Kier molecular flexibility index (Phi) is 3.12. The Labute approximate surface area is 112 Å². The molecule has 4 nitrogen and oxygen atoms in total. The van der Waals surface area contributed by atoms with Gasteiger partial charge in [0.05, 0.1) is 12.6 Å². The zero-order valence-electron chi connectivity index (χ0n) is 10.8. The molecular weight excluding hydrogens is 242 g/mol. The molecule has 3 rings (SSSR count). The molecule has 1 N–H and O–H groups in total. The largest absolute Gasteiger partial charge is 0.381 e. The number of rotatable bonds is 3. The number of carbonyl (C=O) groups is 1. The van der Waals surface area contributed by atoms with Gasteiger partial charge < -0.3 is 14.7 Å². The summed E-state index contributed by atoms with van der Waals surface area (Å²) in [5.74, 6) is -0.211. The van der Waals surface area contributed by atoms with E-state index in [0.29, 0.717) is 13.2 Å². The molecule has 1 amide bonds. The van der Waals surface area contributed by atoms with Crippen molar-refractivity contribution in [3.63, 3.8) is 0 Å². The highest BCUT2D eigenvalue weighted by atomic mass is 16.5. The SMILES string of the molecule is CC1=CCO[C@H]1[C@H]1[C@@H](O)C(=O)N1Cc1ccccc1. The molecule has 100 valence electrons. The molecule has 4 heteroatoms. The monoisotopic (exact) mass is 259 g/mol. The minimum absolute atomic E-state index is 0.170. The van der Waals surface area contributed by atoms with Crippen molar-refractivity contribution in [3.8, 4) is 0 Å². The van der Waals surface area contributed by atoms with Crippen molar-refractivity contribution < 1.29 is 14.6 Å². The standard InChI is InChI=1S/C15H17NO3/c1-10-7-8-19-14(10)12-13(17)15(18)16(12)9-11-5-3-2-4-6-11/h2-7,12-14,17H,8-9H2,1H3/t12-,13-,14-/m1/s1. The van der Waals surface area contributed by atoms with E-state index in [4.69, 9.17) is 4.74 Å². The number of hydrogen-bond donors (Lipinski definition) is 1. The van der Waals surface area contributed by atoms with Crippen molar-refractivity contribution >= 4 is 5.91 Å². The number of aliphatic hydroxyl groups excluding tert-OH is 1. The second-order valence-corrected chi connectivity index (χ2v) is 5.09. The zero-order chi connectivity index (χ0) is 13.4. The minimum atomic E-state index is -0.935. The van der Waals surface area contributed by atoms with E-state index in [0.717, 1.165) is 11.1 Å². The van der Waals surface area contributed by atoms with Crippen LogP contribution in [-0.2, 0) is 16.1 Å². The number of carbonyl (C=O) groups excluding carboxylic acids is 1. The van der Waals surface area contributed by atoms with Gasteiger partial charge in [0.2, 0.25) is 0 Å². The van der Waals surface area contributed by atoms with Gasteiger partial charge in [-0.3, -0.25) is 4.79 Å². The average molecular weight is 259 g/mol. The molecule has 3 atom stereocenters. The first kappa shape index (κ1) is 12.4. The maximum Gasteiger partial charge on any atom is 0.254 e. The minimum Gasteiger partial charge on any atom is -0.381 e.